The summed E-state index contributed by atoms with van der Waals surface area (Å²) in [5, 5.41) is 0. The fraction of sp³-hybridized carbons (Fsp3) is 0.806. The number of rotatable bonds is 24. The maximum absolute atomic E-state index is 2.47. The highest BCUT2D eigenvalue weighted by Gasteiger charge is 2.06. The summed E-state index contributed by atoms with van der Waals surface area (Å²) in [6, 6.07) is 0.619. The minimum atomic E-state index is 0.619. The van der Waals surface area contributed by atoms with Crippen molar-refractivity contribution in [1.82, 2.24) is 4.90 Å². The van der Waals surface area contributed by atoms with E-state index in [2.05, 4.69) is 69.3 Å². The first-order valence-corrected chi connectivity index (χ1v) is 14.3. The molecule has 32 heavy (non-hydrogen) atoms. The Kier molecular flexibility index (Phi) is 25.8. The second-order valence-corrected chi connectivity index (χ2v) is 9.89. The normalized spacial score (nSPS) is 13.4. The Hall–Kier alpha value is -0.820. The van der Waals surface area contributed by atoms with E-state index in [1.54, 1.807) is 0 Å². The largest absolute Gasteiger partial charge is 0.303 e. The van der Waals surface area contributed by atoms with Crippen LogP contribution in [0.4, 0.5) is 0 Å². The van der Waals surface area contributed by atoms with Crippen molar-refractivity contribution in [2.75, 3.05) is 14.1 Å². The molecular formula is C31H59N. The van der Waals surface area contributed by atoms with E-state index < -0.39 is 0 Å². The lowest BCUT2D eigenvalue weighted by atomic mass is 10.0. The number of unbranched alkanes of at least 4 members (excludes halogenated alkanes) is 16. The molecule has 188 valence electrons. The van der Waals surface area contributed by atoms with Crippen molar-refractivity contribution in [2.24, 2.45) is 0 Å². The van der Waals surface area contributed by atoms with Crippen LogP contribution >= 0.6 is 0 Å². The van der Waals surface area contributed by atoms with Gasteiger partial charge >= 0.3 is 0 Å². The van der Waals surface area contributed by atoms with Crippen molar-refractivity contribution in [3.05, 3.63) is 36.5 Å². The van der Waals surface area contributed by atoms with Gasteiger partial charge in [-0.15, -0.1) is 0 Å². The molecule has 0 aliphatic rings. The van der Waals surface area contributed by atoms with Crippen LogP contribution in [0.2, 0.25) is 0 Å². The number of allylic oxidation sites excluding steroid dienone is 5. The zero-order valence-corrected chi connectivity index (χ0v) is 22.6. The first kappa shape index (κ1) is 31.2. The Labute approximate surface area is 203 Å². The fourth-order valence-electron chi connectivity index (χ4n) is 4.25. The van der Waals surface area contributed by atoms with Gasteiger partial charge in [0.05, 0.1) is 0 Å². The van der Waals surface area contributed by atoms with Gasteiger partial charge in [0, 0.05) is 6.04 Å². The first-order chi connectivity index (χ1) is 15.7. The second kappa shape index (κ2) is 26.4. The van der Waals surface area contributed by atoms with E-state index in [1.165, 1.54) is 128 Å². The smallest absolute Gasteiger partial charge is 0.0272 e. The van der Waals surface area contributed by atoms with E-state index in [-0.39, 0.29) is 0 Å². The highest BCUT2D eigenvalue weighted by atomic mass is 15.1. The van der Waals surface area contributed by atoms with E-state index >= 15 is 0 Å². The van der Waals surface area contributed by atoms with Crippen molar-refractivity contribution in [3.8, 4) is 0 Å². The Morgan fingerprint density at radius 3 is 1.47 bits per heavy atom. The maximum Gasteiger partial charge on any atom is 0.0272 e. The summed E-state index contributed by atoms with van der Waals surface area (Å²) >= 11 is 0. The van der Waals surface area contributed by atoms with Gasteiger partial charge < -0.3 is 4.90 Å². The third-order valence-corrected chi connectivity index (χ3v) is 6.51. The van der Waals surface area contributed by atoms with Crippen LogP contribution in [0.3, 0.4) is 0 Å². The topological polar surface area (TPSA) is 3.24 Å². The van der Waals surface area contributed by atoms with Crippen LogP contribution in [0.15, 0.2) is 36.5 Å². The lowest BCUT2D eigenvalue weighted by Crippen LogP contribution is -2.25. The van der Waals surface area contributed by atoms with Crippen LogP contribution in [0.5, 0.6) is 0 Å². The Morgan fingerprint density at radius 1 is 0.531 bits per heavy atom. The average Bonchev–Trinajstić information content (AvgIpc) is 2.78. The summed E-state index contributed by atoms with van der Waals surface area (Å²) in [6.07, 6.45) is 41.5. The van der Waals surface area contributed by atoms with Gasteiger partial charge in [0.2, 0.25) is 0 Å². The molecule has 0 aliphatic carbocycles. The van der Waals surface area contributed by atoms with Crippen molar-refractivity contribution in [1.29, 1.82) is 0 Å². The summed E-state index contributed by atoms with van der Waals surface area (Å²) in [7, 11) is 4.45. The van der Waals surface area contributed by atoms with Gasteiger partial charge in [-0.3, -0.25) is 0 Å². The molecule has 0 fully saturated rings. The highest BCUT2D eigenvalue weighted by molar-refractivity contribution is 4.93. The average molecular weight is 446 g/mol. The molecule has 0 aromatic rings. The molecule has 0 amide bonds. The molecule has 1 atom stereocenters. The predicted molar refractivity (Wildman–Crippen MR) is 149 cm³/mol. The Bertz CT molecular complexity index is 432. The van der Waals surface area contributed by atoms with E-state index in [1.807, 2.05) is 0 Å². The standard InChI is InChI=1S/C31H59N/c1-5-7-9-11-13-14-15-16-17-18-19-20-21-22-24-26-28-30-31(32(3)4)29-27-25-23-12-10-8-6-2/h6,8,16-17,28,30-31H,5,7,9-15,18-27,29H2,1-4H3/b8-6?,17-16-,30-28+. The summed E-state index contributed by atoms with van der Waals surface area (Å²) < 4.78 is 0. The zero-order valence-electron chi connectivity index (χ0n) is 22.6. The van der Waals surface area contributed by atoms with Crippen LogP contribution in [0.1, 0.15) is 142 Å². The van der Waals surface area contributed by atoms with Gasteiger partial charge in [0.15, 0.2) is 0 Å². The number of nitrogens with zero attached hydrogens (tertiary/aromatic N) is 1. The highest BCUT2D eigenvalue weighted by Crippen LogP contribution is 2.13. The molecule has 1 heteroatoms. The second-order valence-electron chi connectivity index (χ2n) is 9.89. The molecule has 0 spiro atoms. The lowest BCUT2D eigenvalue weighted by Gasteiger charge is -2.21. The van der Waals surface area contributed by atoms with Crippen molar-refractivity contribution in [3.63, 3.8) is 0 Å². The molecule has 0 saturated heterocycles. The summed E-state index contributed by atoms with van der Waals surface area (Å²) in [6.45, 7) is 4.41. The molecule has 0 heterocycles. The summed E-state index contributed by atoms with van der Waals surface area (Å²) in [5.74, 6) is 0. The Balaban J connectivity index is 3.52. The van der Waals surface area contributed by atoms with Gasteiger partial charge in [0.1, 0.15) is 0 Å². The molecule has 0 rings (SSSR count). The third kappa shape index (κ3) is 23.8. The number of hydrogen-bond acceptors (Lipinski definition) is 1. The van der Waals surface area contributed by atoms with Gasteiger partial charge in [-0.25, -0.2) is 0 Å². The number of hydrogen-bond donors (Lipinski definition) is 0. The molecule has 0 aromatic carbocycles. The van der Waals surface area contributed by atoms with Crippen LogP contribution < -0.4 is 0 Å². The van der Waals surface area contributed by atoms with Gasteiger partial charge in [-0.2, -0.15) is 0 Å². The monoisotopic (exact) mass is 445 g/mol. The zero-order chi connectivity index (χ0) is 23.5. The van der Waals surface area contributed by atoms with E-state index in [9.17, 15) is 0 Å². The molecular weight excluding hydrogens is 386 g/mol. The van der Waals surface area contributed by atoms with Crippen molar-refractivity contribution >= 4 is 0 Å². The van der Waals surface area contributed by atoms with Gasteiger partial charge in [0.25, 0.3) is 0 Å². The molecule has 1 nitrogen and oxygen atoms in total. The molecule has 0 aliphatic heterocycles. The van der Waals surface area contributed by atoms with E-state index in [4.69, 9.17) is 0 Å². The Morgan fingerprint density at radius 2 is 0.969 bits per heavy atom. The SMILES string of the molecule is CC=CCCCCCCC(/C=C/CCCCCCC/C=C\CCCCCCCC)N(C)C. The molecule has 1 unspecified atom stereocenters. The van der Waals surface area contributed by atoms with Gasteiger partial charge in [-0.1, -0.05) is 114 Å². The minimum Gasteiger partial charge on any atom is -0.303 e. The van der Waals surface area contributed by atoms with Crippen LogP contribution in [0.25, 0.3) is 0 Å². The lowest BCUT2D eigenvalue weighted by molar-refractivity contribution is 0.319. The third-order valence-electron chi connectivity index (χ3n) is 6.51. The first-order valence-electron chi connectivity index (χ1n) is 14.3. The molecule has 0 radical (unpaired) electrons. The molecule has 0 bridgehead atoms. The van der Waals surface area contributed by atoms with Crippen LogP contribution in [-0.2, 0) is 0 Å². The fourth-order valence-corrected chi connectivity index (χ4v) is 4.25. The van der Waals surface area contributed by atoms with E-state index in [0.717, 1.165) is 0 Å². The minimum absolute atomic E-state index is 0.619. The van der Waals surface area contributed by atoms with E-state index in [0.29, 0.717) is 6.04 Å². The summed E-state index contributed by atoms with van der Waals surface area (Å²) in [5.41, 5.74) is 0. The van der Waals surface area contributed by atoms with Gasteiger partial charge in [-0.05, 0) is 78.8 Å². The van der Waals surface area contributed by atoms with Crippen molar-refractivity contribution < 1.29 is 0 Å². The number of likely N-dealkylation sites (N-methyl/N-ethyl adjacent to an activating group) is 1. The predicted octanol–water partition coefficient (Wildman–Crippen LogP) is 10.4. The van der Waals surface area contributed by atoms with Crippen molar-refractivity contribution in [2.45, 2.75) is 148 Å². The molecule has 0 saturated carbocycles. The molecule has 0 aromatic heterocycles. The maximum atomic E-state index is 2.47. The summed E-state index contributed by atoms with van der Waals surface area (Å²) in [4.78, 5) is 2.39. The van der Waals surface area contributed by atoms with Crippen LogP contribution in [-0.4, -0.2) is 25.0 Å². The quantitative estimate of drug-likeness (QED) is 0.105. The van der Waals surface area contributed by atoms with Crippen LogP contribution in [0, 0.1) is 0 Å². The molecule has 0 N–H and O–H groups in total.